The number of imidazole rings is 1. The maximum atomic E-state index is 12.3. The molecule has 1 aromatic carbocycles. The van der Waals surface area contributed by atoms with E-state index in [1.165, 1.54) is 0 Å². The molecule has 7 heteroatoms. The van der Waals surface area contributed by atoms with Crippen molar-refractivity contribution >= 4 is 28.6 Å². The fraction of sp³-hybridized carbons (Fsp3) is 0.269. The number of fused-ring (bicyclic) bond motifs is 1. The van der Waals surface area contributed by atoms with Crippen LogP contribution in [0.1, 0.15) is 50.9 Å². The minimum absolute atomic E-state index is 0.0772. The molecule has 5 rings (SSSR count). The number of carbonyl (C=O) groups excluding carboxylic acids is 1. The second kappa shape index (κ2) is 8.14. The number of carbonyl (C=O) groups is 1. The van der Waals surface area contributed by atoms with Crippen LogP contribution in [-0.4, -0.2) is 25.1 Å². The van der Waals surface area contributed by atoms with Crippen LogP contribution in [0.4, 0.5) is 17.1 Å². The van der Waals surface area contributed by atoms with E-state index in [2.05, 4.69) is 46.4 Å². The zero-order chi connectivity index (χ0) is 23.0. The maximum Gasteiger partial charge on any atom is 0.230 e. The minimum Gasteiger partial charge on any atom is -0.350 e. The Kier molecular flexibility index (Phi) is 5.14. The summed E-state index contributed by atoms with van der Waals surface area (Å²) in [4.78, 5) is 16.9. The summed E-state index contributed by atoms with van der Waals surface area (Å²) in [7, 11) is 0. The Morgan fingerprint density at radius 1 is 1.12 bits per heavy atom. The fourth-order valence-electron chi connectivity index (χ4n) is 3.55. The zero-order valence-corrected chi connectivity index (χ0v) is 19.0. The summed E-state index contributed by atoms with van der Waals surface area (Å²) in [5.41, 5.74) is 4.76. The van der Waals surface area contributed by atoms with E-state index >= 15 is 0 Å². The van der Waals surface area contributed by atoms with E-state index in [1.54, 1.807) is 6.20 Å². The third kappa shape index (κ3) is 4.33. The summed E-state index contributed by atoms with van der Waals surface area (Å²) < 4.78 is 3.87. The number of aromatic nitrogens is 4. The van der Waals surface area contributed by atoms with Gasteiger partial charge in [0, 0.05) is 35.1 Å². The molecule has 3 aromatic heterocycles. The molecule has 1 amide bonds. The van der Waals surface area contributed by atoms with Crippen molar-refractivity contribution in [2.24, 2.45) is 5.41 Å². The first kappa shape index (κ1) is 20.8. The second-order valence-electron chi connectivity index (χ2n) is 9.03. The number of anilines is 3. The van der Waals surface area contributed by atoms with Crippen LogP contribution < -0.4 is 10.6 Å². The molecule has 4 aromatic rings. The molecule has 1 fully saturated rings. The monoisotopic (exact) mass is 438 g/mol. The van der Waals surface area contributed by atoms with E-state index in [9.17, 15) is 4.79 Å². The lowest BCUT2D eigenvalue weighted by Gasteiger charge is -2.09. The Balaban J connectivity index is 1.37. The predicted octanol–water partition coefficient (Wildman–Crippen LogP) is 4.99. The standard InChI is InChI=1S/C26H26N6O/c1-18(2)32-17-21(15-28-32)29-23-8-5-13-31-22(16-27-24(23)31)10-9-19-6-4-7-20(14-19)30-25(33)26(3)11-12-26/h4-8,13-18,29H,11-12H2,1-3H3,(H,30,33). The molecule has 1 aliphatic carbocycles. The van der Waals surface area contributed by atoms with Crippen molar-refractivity contribution < 1.29 is 4.79 Å². The number of hydrogen-bond acceptors (Lipinski definition) is 4. The molecule has 33 heavy (non-hydrogen) atoms. The van der Waals surface area contributed by atoms with Gasteiger partial charge in [-0.1, -0.05) is 18.9 Å². The van der Waals surface area contributed by atoms with Crippen LogP contribution in [0.3, 0.4) is 0 Å². The molecule has 0 saturated heterocycles. The van der Waals surface area contributed by atoms with E-state index in [1.807, 2.05) is 71.0 Å². The van der Waals surface area contributed by atoms with Gasteiger partial charge in [-0.05, 0) is 62.9 Å². The quantitative estimate of drug-likeness (QED) is 0.430. The summed E-state index contributed by atoms with van der Waals surface area (Å²) in [6.45, 7) is 6.18. The average Bonchev–Trinajstić information content (AvgIpc) is 3.20. The molecule has 2 N–H and O–H groups in total. The molecule has 1 saturated carbocycles. The van der Waals surface area contributed by atoms with E-state index < -0.39 is 0 Å². The predicted molar refractivity (Wildman–Crippen MR) is 129 cm³/mol. The SMILES string of the molecule is CC(C)n1cc(Nc2cccn3c(C#Cc4cccc(NC(=O)C5(C)CC5)c4)cnc23)cn1. The Labute approximate surface area is 192 Å². The normalized spacial score (nSPS) is 14.1. The first-order valence-corrected chi connectivity index (χ1v) is 11.1. The molecule has 0 radical (unpaired) electrons. The molecule has 0 spiro atoms. The highest BCUT2D eigenvalue weighted by Gasteiger charge is 2.44. The van der Waals surface area contributed by atoms with Crippen LogP contribution >= 0.6 is 0 Å². The topological polar surface area (TPSA) is 76.2 Å². The number of nitrogens with one attached hydrogen (secondary N) is 2. The third-order valence-electron chi connectivity index (χ3n) is 5.95. The Bertz CT molecular complexity index is 1400. The van der Waals surface area contributed by atoms with Crippen molar-refractivity contribution in [3.63, 3.8) is 0 Å². The highest BCUT2D eigenvalue weighted by molar-refractivity contribution is 5.96. The lowest BCUT2D eigenvalue weighted by molar-refractivity contribution is -0.120. The van der Waals surface area contributed by atoms with Crippen LogP contribution in [0.15, 0.2) is 61.2 Å². The summed E-state index contributed by atoms with van der Waals surface area (Å²) in [5, 5.41) is 10.8. The first-order valence-electron chi connectivity index (χ1n) is 11.1. The summed E-state index contributed by atoms with van der Waals surface area (Å²) in [6, 6.07) is 11.9. The molecule has 0 atom stereocenters. The van der Waals surface area contributed by atoms with Crippen molar-refractivity contribution in [2.75, 3.05) is 10.6 Å². The van der Waals surface area contributed by atoms with Gasteiger partial charge >= 0.3 is 0 Å². The Morgan fingerprint density at radius 3 is 2.73 bits per heavy atom. The van der Waals surface area contributed by atoms with Gasteiger partial charge in [0.1, 0.15) is 5.69 Å². The number of hydrogen-bond donors (Lipinski definition) is 2. The van der Waals surface area contributed by atoms with Crippen LogP contribution in [0, 0.1) is 17.3 Å². The highest BCUT2D eigenvalue weighted by Crippen LogP contribution is 2.45. The Morgan fingerprint density at radius 2 is 1.97 bits per heavy atom. The number of benzene rings is 1. The largest absolute Gasteiger partial charge is 0.350 e. The summed E-state index contributed by atoms with van der Waals surface area (Å²) in [5.74, 6) is 6.48. The van der Waals surface area contributed by atoms with Crippen molar-refractivity contribution in [1.29, 1.82) is 0 Å². The van der Waals surface area contributed by atoms with Crippen molar-refractivity contribution in [3.05, 3.63) is 72.4 Å². The van der Waals surface area contributed by atoms with Gasteiger partial charge in [-0.3, -0.25) is 13.9 Å². The smallest absolute Gasteiger partial charge is 0.230 e. The van der Waals surface area contributed by atoms with E-state index in [4.69, 9.17) is 0 Å². The highest BCUT2D eigenvalue weighted by atomic mass is 16.2. The fourth-order valence-corrected chi connectivity index (χ4v) is 3.55. The molecule has 7 nitrogen and oxygen atoms in total. The summed E-state index contributed by atoms with van der Waals surface area (Å²) >= 11 is 0. The average molecular weight is 439 g/mol. The molecular weight excluding hydrogens is 412 g/mol. The second-order valence-corrected chi connectivity index (χ2v) is 9.03. The van der Waals surface area contributed by atoms with E-state index in [0.29, 0.717) is 6.04 Å². The van der Waals surface area contributed by atoms with Crippen LogP contribution in [-0.2, 0) is 4.79 Å². The van der Waals surface area contributed by atoms with Crippen LogP contribution in [0.2, 0.25) is 0 Å². The first-order chi connectivity index (χ1) is 15.9. The molecule has 3 heterocycles. The van der Waals surface area contributed by atoms with Crippen molar-refractivity contribution in [3.8, 4) is 11.8 Å². The van der Waals surface area contributed by atoms with Gasteiger partial charge in [-0.25, -0.2) is 4.98 Å². The molecule has 0 aliphatic heterocycles. The molecule has 1 aliphatic rings. The lowest BCUT2D eigenvalue weighted by Crippen LogP contribution is -2.21. The molecule has 0 unspecified atom stereocenters. The zero-order valence-electron chi connectivity index (χ0n) is 19.0. The summed E-state index contributed by atoms with van der Waals surface area (Å²) in [6.07, 6.45) is 9.40. The van der Waals surface area contributed by atoms with Crippen molar-refractivity contribution in [2.45, 2.75) is 39.7 Å². The number of amides is 1. The van der Waals surface area contributed by atoms with Crippen LogP contribution in [0.25, 0.3) is 5.65 Å². The van der Waals surface area contributed by atoms with Gasteiger partial charge < -0.3 is 10.6 Å². The molecular formula is C26H26N6O. The van der Waals surface area contributed by atoms with Gasteiger partial charge in [0.2, 0.25) is 5.91 Å². The number of nitrogens with zero attached hydrogens (tertiary/aromatic N) is 4. The van der Waals surface area contributed by atoms with Gasteiger partial charge in [-0.2, -0.15) is 5.10 Å². The van der Waals surface area contributed by atoms with E-state index in [0.717, 1.165) is 46.8 Å². The number of rotatable bonds is 5. The maximum absolute atomic E-state index is 12.3. The van der Waals surface area contributed by atoms with Gasteiger partial charge in [0.25, 0.3) is 0 Å². The van der Waals surface area contributed by atoms with Crippen molar-refractivity contribution in [1.82, 2.24) is 19.2 Å². The van der Waals surface area contributed by atoms with Gasteiger partial charge in [-0.15, -0.1) is 0 Å². The minimum atomic E-state index is -0.211. The third-order valence-corrected chi connectivity index (χ3v) is 5.95. The molecule has 166 valence electrons. The Hall–Kier alpha value is -4.05. The molecule has 0 bridgehead atoms. The van der Waals surface area contributed by atoms with Crippen LogP contribution in [0.5, 0.6) is 0 Å². The number of pyridine rings is 1. The van der Waals surface area contributed by atoms with E-state index in [-0.39, 0.29) is 11.3 Å². The van der Waals surface area contributed by atoms with Gasteiger partial charge in [0.15, 0.2) is 5.65 Å². The lowest BCUT2D eigenvalue weighted by atomic mass is 10.1. The van der Waals surface area contributed by atoms with Gasteiger partial charge in [0.05, 0.1) is 23.8 Å².